The Morgan fingerprint density at radius 2 is 2.21 bits per heavy atom. The van der Waals surface area contributed by atoms with E-state index in [2.05, 4.69) is 11.2 Å². The number of carbonyl (C=O) groups excluding carboxylic acids is 1. The van der Waals surface area contributed by atoms with Gasteiger partial charge in [0.15, 0.2) is 0 Å². The highest BCUT2D eigenvalue weighted by Gasteiger charge is 2.14. The Balaban J connectivity index is 2.17. The molecule has 0 aliphatic rings. The van der Waals surface area contributed by atoms with Crippen LogP contribution in [0.5, 0.6) is 0 Å². The number of carbonyl (C=O) groups is 1. The first-order valence-corrected chi connectivity index (χ1v) is 5.66. The maximum atomic E-state index is 12.1. The molecule has 0 atom stereocenters. The highest BCUT2D eigenvalue weighted by atomic mass is 16.2. The molecule has 0 aliphatic heterocycles. The van der Waals surface area contributed by atoms with Crippen LogP contribution in [-0.2, 0) is 11.3 Å². The number of aromatic nitrogens is 2. The maximum Gasteiger partial charge on any atom is 0.248 e. The molecule has 0 radical (unpaired) electrons. The van der Waals surface area contributed by atoms with E-state index < -0.39 is 0 Å². The van der Waals surface area contributed by atoms with E-state index in [1.165, 1.54) is 9.58 Å². The van der Waals surface area contributed by atoms with Crippen LogP contribution in [0.2, 0.25) is 0 Å². The third kappa shape index (κ3) is 2.72. The molecule has 6 heteroatoms. The summed E-state index contributed by atoms with van der Waals surface area (Å²) in [5.41, 5.74) is 6.52. The first-order valence-electron chi connectivity index (χ1n) is 5.66. The number of nitriles is 1. The van der Waals surface area contributed by atoms with Gasteiger partial charge in [0, 0.05) is 13.2 Å². The van der Waals surface area contributed by atoms with Gasteiger partial charge in [-0.1, -0.05) is 12.1 Å². The molecule has 1 heterocycles. The lowest BCUT2D eigenvalue weighted by atomic mass is 10.2. The van der Waals surface area contributed by atoms with Gasteiger partial charge in [-0.15, -0.1) is 0 Å². The van der Waals surface area contributed by atoms with Crippen LogP contribution < -0.4 is 10.6 Å². The number of likely N-dealkylation sites (N-methyl/N-ethyl adjacent to an activating group) is 1. The van der Waals surface area contributed by atoms with Gasteiger partial charge in [0.05, 0.1) is 11.3 Å². The second-order valence-corrected chi connectivity index (χ2v) is 4.02. The van der Waals surface area contributed by atoms with Crippen molar-refractivity contribution in [2.45, 2.75) is 6.54 Å². The molecule has 1 aromatic heterocycles. The van der Waals surface area contributed by atoms with Crippen LogP contribution in [0.3, 0.4) is 0 Å². The SMILES string of the molecule is CN(C(=O)Cn1ccc(N)n1)c1ccccc1C#N. The zero-order chi connectivity index (χ0) is 13.8. The second-order valence-electron chi connectivity index (χ2n) is 4.02. The maximum absolute atomic E-state index is 12.1. The molecule has 0 spiro atoms. The number of nitrogens with two attached hydrogens (primary N) is 1. The topological polar surface area (TPSA) is 87.9 Å². The zero-order valence-corrected chi connectivity index (χ0v) is 10.4. The summed E-state index contributed by atoms with van der Waals surface area (Å²) in [7, 11) is 1.63. The molecule has 0 bridgehead atoms. The second kappa shape index (κ2) is 5.23. The van der Waals surface area contributed by atoms with Crippen LogP contribution >= 0.6 is 0 Å². The summed E-state index contributed by atoms with van der Waals surface area (Å²) >= 11 is 0. The van der Waals surface area contributed by atoms with Crippen molar-refractivity contribution in [3.63, 3.8) is 0 Å². The molecule has 96 valence electrons. The predicted molar refractivity (Wildman–Crippen MR) is 71.2 cm³/mol. The van der Waals surface area contributed by atoms with E-state index in [0.29, 0.717) is 17.1 Å². The molecular weight excluding hydrogens is 242 g/mol. The number of anilines is 2. The predicted octanol–water partition coefficient (Wildman–Crippen LogP) is 1.000. The quantitative estimate of drug-likeness (QED) is 0.886. The molecular formula is C13H13N5O. The van der Waals surface area contributed by atoms with Crippen LogP contribution in [0, 0.1) is 11.3 Å². The number of hydrogen-bond donors (Lipinski definition) is 1. The van der Waals surface area contributed by atoms with E-state index in [4.69, 9.17) is 11.0 Å². The summed E-state index contributed by atoms with van der Waals surface area (Å²) in [5, 5.41) is 13.0. The third-order valence-corrected chi connectivity index (χ3v) is 2.72. The fourth-order valence-corrected chi connectivity index (χ4v) is 1.71. The highest BCUT2D eigenvalue weighted by molar-refractivity contribution is 5.93. The molecule has 1 amide bonds. The van der Waals surface area contributed by atoms with E-state index >= 15 is 0 Å². The fourth-order valence-electron chi connectivity index (χ4n) is 1.71. The molecule has 0 fully saturated rings. The number of nitrogens with zero attached hydrogens (tertiary/aromatic N) is 4. The van der Waals surface area contributed by atoms with Crippen molar-refractivity contribution in [1.82, 2.24) is 9.78 Å². The van der Waals surface area contributed by atoms with Crippen molar-refractivity contribution in [2.24, 2.45) is 0 Å². The van der Waals surface area contributed by atoms with Gasteiger partial charge >= 0.3 is 0 Å². The number of amides is 1. The number of nitrogen functional groups attached to an aromatic ring is 1. The molecule has 19 heavy (non-hydrogen) atoms. The molecule has 1 aromatic carbocycles. The normalized spacial score (nSPS) is 9.89. The Morgan fingerprint density at radius 1 is 1.47 bits per heavy atom. The monoisotopic (exact) mass is 255 g/mol. The van der Waals surface area contributed by atoms with Crippen LogP contribution in [0.25, 0.3) is 0 Å². The van der Waals surface area contributed by atoms with Crippen molar-refractivity contribution >= 4 is 17.4 Å². The summed E-state index contributed by atoms with van der Waals surface area (Å²) in [6, 6.07) is 10.6. The van der Waals surface area contributed by atoms with E-state index in [0.717, 1.165) is 0 Å². The standard InChI is InChI=1S/C13H13N5O/c1-17(11-5-3-2-4-10(11)8-14)13(19)9-18-7-6-12(15)16-18/h2-7H,9H2,1H3,(H2,15,16). The number of benzene rings is 1. The van der Waals surface area contributed by atoms with Gasteiger partial charge in [0.1, 0.15) is 18.4 Å². The van der Waals surface area contributed by atoms with Crippen molar-refractivity contribution < 1.29 is 4.79 Å². The summed E-state index contributed by atoms with van der Waals surface area (Å²) in [4.78, 5) is 13.5. The summed E-state index contributed by atoms with van der Waals surface area (Å²) in [6.45, 7) is 0.0768. The minimum Gasteiger partial charge on any atom is -0.382 e. The van der Waals surface area contributed by atoms with Gasteiger partial charge in [-0.2, -0.15) is 10.4 Å². The van der Waals surface area contributed by atoms with Crippen molar-refractivity contribution in [2.75, 3.05) is 17.7 Å². The zero-order valence-electron chi connectivity index (χ0n) is 10.4. The Labute approximate surface area is 110 Å². The first-order chi connectivity index (χ1) is 9.11. The van der Waals surface area contributed by atoms with Crippen LogP contribution in [-0.4, -0.2) is 22.7 Å². The number of para-hydroxylation sites is 1. The smallest absolute Gasteiger partial charge is 0.248 e. The van der Waals surface area contributed by atoms with E-state index in [1.54, 1.807) is 43.6 Å². The Morgan fingerprint density at radius 3 is 2.84 bits per heavy atom. The molecule has 2 rings (SSSR count). The largest absolute Gasteiger partial charge is 0.382 e. The van der Waals surface area contributed by atoms with Crippen LogP contribution in [0.15, 0.2) is 36.5 Å². The lowest BCUT2D eigenvalue weighted by Gasteiger charge is -2.18. The van der Waals surface area contributed by atoms with Gasteiger partial charge in [-0.05, 0) is 18.2 Å². The van der Waals surface area contributed by atoms with Crippen molar-refractivity contribution in [3.8, 4) is 6.07 Å². The summed E-state index contributed by atoms with van der Waals surface area (Å²) in [5.74, 6) is 0.193. The molecule has 2 N–H and O–H groups in total. The average Bonchev–Trinajstić information content (AvgIpc) is 2.83. The molecule has 0 saturated heterocycles. The first kappa shape index (κ1) is 12.6. The molecule has 0 aliphatic carbocycles. The van der Waals surface area contributed by atoms with Gasteiger partial charge in [-0.3, -0.25) is 9.48 Å². The van der Waals surface area contributed by atoms with E-state index in [-0.39, 0.29) is 12.5 Å². The lowest BCUT2D eigenvalue weighted by molar-refractivity contribution is -0.119. The van der Waals surface area contributed by atoms with Crippen LogP contribution in [0.4, 0.5) is 11.5 Å². The molecule has 2 aromatic rings. The van der Waals surface area contributed by atoms with Crippen molar-refractivity contribution in [3.05, 3.63) is 42.1 Å². The van der Waals surface area contributed by atoms with Crippen molar-refractivity contribution in [1.29, 1.82) is 5.26 Å². The minimum atomic E-state index is -0.175. The summed E-state index contributed by atoms with van der Waals surface area (Å²) < 4.78 is 1.46. The molecule has 6 nitrogen and oxygen atoms in total. The van der Waals surface area contributed by atoms with Gasteiger partial charge in [-0.25, -0.2) is 0 Å². The number of rotatable bonds is 3. The van der Waals surface area contributed by atoms with Gasteiger partial charge in [0.25, 0.3) is 0 Å². The molecule has 0 saturated carbocycles. The Kier molecular flexibility index (Phi) is 3.48. The molecule has 0 unspecified atom stereocenters. The van der Waals surface area contributed by atoms with Gasteiger partial charge in [0.2, 0.25) is 5.91 Å². The Bertz CT molecular complexity index is 640. The Hall–Kier alpha value is -2.81. The third-order valence-electron chi connectivity index (χ3n) is 2.72. The highest BCUT2D eigenvalue weighted by Crippen LogP contribution is 2.18. The fraction of sp³-hybridized carbons (Fsp3) is 0.154. The minimum absolute atomic E-state index is 0.0768. The summed E-state index contributed by atoms with van der Waals surface area (Å²) in [6.07, 6.45) is 1.64. The number of hydrogen-bond acceptors (Lipinski definition) is 4. The van der Waals surface area contributed by atoms with Crippen LogP contribution in [0.1, 0.15) is 5.56 Å². The van der Waals surface area contributed by atoms with Gasteiger partial charge < -0.3 is 10.6 Å². The van der Waals surface area contributed by atoms with E-state index in [9.17, 15) is 4.79 Å². The average molecular weight is 255 g/mol. The lowest BCUT2D eigenvalue weighted by Crippen LogP contribution is -2.30. The van der Waals surface area contributed by atoms with E-state index in [1.807, 2.05) is 0 Å².